The second kappa shape index (κ2) is 9.38. The lowest BCUT2D eigenvalue weighted by Crippen LogP contribution is -2.52. The number of amides is 2. The van der Waals surface area contributed by atoms with Crippen molar-refractivity contribution in [3.63, 3.8) is 0 Å². The lowest BCUT2D eigenvalue weighted by atomic mass is 10.0. The van der Waals surface area contributed by atoms with Gasteiger partial charge in [-0.25, -0.2) is 28.3 Å². The molecule has 1 saturated heterocycles. The summed E-state index contributed by atoms with van der Waals surface area (Å²) in [5, 5.41) is 27.6. The summed E-state index contributed by atoms with van der Waals surface area (Å²) >= 11 is 0. The lowest BCUT2D eigenvalue weighted by molar-refractivity contribution is 0.139. The van der Waals surface area contributed by atoms with E-state index in [0.29, 0.717) is 30.6 Å². The number of carbonyl (C=O) groups excluding carboxylic acids is 1. The van der Waals surface area contributed by atoms with Gasteiger partial charge in [-0.2, -0.15) is 25.7 Å². The summed E-state index contributed by atoms with van der Waals surface area (Å²) in [5.74, 6) is -0.980. The summed E-state index contributed by atoms with van der Waals surface area (Å²) in [5.41, 5.74) is 0.981. The van der Waals surface area contributed by atoms with E-state index >= 15 is 0 Å². The van der Waals surface area contributed by atoms with Crippen LogP contribution in [0.3, 0.4) is 0 Å². The van der Waals surface area contributed by atoms with Gasteiger partial charge in [-0.15, -0.1) is 0 Å². The Bertz CT molecular complexity index is 1430. The van der Waals surface area contributed by atoms with Crippen molar-refractivity contribution in [2.45, 2.75) is 12.5 Å². The molecule has 0 aliphatic carbocycles. The van der Waals surface area contributed by atoms with E-state index in [4.69, 9.17) is 10.5 Å². The van der Waals surface area contributed by atoms with Crippen molar-refractivity contribution in [1.82, 2.24) is 29.7 Å². The SMILES string of the molecule is N#Cc1cc(F)cc(C2CC=NN2C(=O)N2CCN(c3nc(-n4cc(C#N)cn4)ncc3F)CC2)c1. The van der Waals surface area contributed by atoms with E-state index in [1.54, 1.807) is 22.1 Å². The van der Waals surface area contributed by atoms with Crippen molar-refractivity contribution in [2.24, 2.45) is 5.10 Å². The van der Waals surface area contributed by atoms with E-state index in [0.717, 1.165) is 12.3 Å². The van der Waals surface area contributed by atoms with Gasteiger partial charge in [-0.05, 0) is 23.8 Å². The summed E-state index contributed by atoms with van der Waals surface area (Å²) in [6.07, 6.45) is 5.83. The molecule has 1 atom stereocenters. The largest absolute Gasteiger partial charge is 0.350 e. The number of hydrogen-bond acceptors (Lipinski definition) is 8. The van der Waals surface area contributed by atoms with E-state index in [1.807, 2.05) is 12.1 Å². The third kappa shape index (κ3) is 4.30. The van der Waals surface area contributed by atoms with Crippen molar-refractivity contribution < 1.29 is 13.6 Å². The van der Waals surface area contributed by atoms with E-state index in [1.165, 1.54) is 28.2 Å². The van der Waals surface area contributed by atoms with Crippen LogP contribution in [0.2, 0.25) is 0 Å². The van der Waals surface area contributed by atoms with Gasteiger partial charge in [0.15, 0.2) is 11.6 Å². The topological polar surface area (TPSA) is 130 Å². The highest BCUT2D eigenvalue weighted by Gasteiger charge is 2.34. The second-order valence-corrected chi connectivity index (χ2v) is 8.16. The maximum absolute atomic E-state index is 14.6. The molecule has 1 fully saturated rings. The van der Waals surface area contributed by atoms with Gasteiger partial charge in [0.1, 0.15) is 11.9 Å². The number of anilines is 1. The molecule has 4 heterocycles. The number of hydrogen-bond donors (Lipinski definition) is 0. The van der Waals surface area contributed by atoms with Crippen LogP contribution in [0.5, 0.6) is 0 Å². The number of hydrazone groups is 1. The highest BCUT2D eigenvalue weighted by molar-refractivity contribution is 5.79. The molecular formula is C23H18F2N10O. The molecule has 0 bridgehead atoms. The normalized spacial score (nSPS) is 17.2. The fraction of sp³-hybridized carbons (Fsp3) is 0.261. The van der Waals surface area contributed by atoms with E-state index < -0.39 is 17.7 Å². The molecule has 0 N–H and O–H groups in total. The number of nitrogens with zero attached hydrogens (tertiary/aromatic N) is 10. The Labute approximate surface area is 204 Å². The van der Waals surface area contributed by atoms with E-state index in [9.17, 15) is 13.6 Å². The van der Waals surface area contributed by atoms with Gasteiger partial charge >= 0.3 is 6.03 Å². The highest BCUT2D eigenvalue weighted by atomic mass is 19.1. The first-order valence-electron chi connectivity index (χ1n) is 11.0. The fourth-order valence-corrected chi connectivity index (χ4v) is 4.17. The molecule has 0 radical (unpaired) electrons. The number of aromatic nitrogens is 4. The van der Waals surface area contributed by atoms with Crippen LogP contribution in [0.4, 0.5) is 19.4 Å². The molecule has 180 valence electrons. The third-order valence-electron chi connectivity index (χ3n) is 5.94. The highest BCUT2D eigenvalue weighted by Crippen LogP contribution is 2.31. The molecule has 2 amide bonds. The van der Waals surface area contributed by atoms with Gasteiger partial charge < -0.3 is 9.80 Å². The van der Waals surface area contributed by atoms with Crippen LogP contribution in [-0.4, -0.2) is 68.1 Å². The minimum absolute atomic E-state index is 0.0713. The number of carbonyl (C=O) groups is 1. The molecule has 1 unspecified atom stereocenters. The van der Waals surface area contributed by atoms with Gasteiger partial charge in [0, 0.05) is 38.8 Å². The zero-order chi connectivity index (χ0) is 25.2. The zero-order valence-corrected chi connectivity index (χ0v) is 18.8. The minimum Gasteiger partial charge on any atom is -0.350 e. The predicted octanol–water partition coefficient (Wildman–Crippen LogP) is 2.36. The molecule has 11 nitrogen and oxygen atoms in total. The smallest absolute Gasteiger partial charge is 0.341 e. The van der Waals surface area contributed by atoms with Crippen molar-refractivity contribution in [3.8, 4) is 18.1 Å². The molecular weight excluding hydrogens is 470 g/mol. The van der Waals surface area contributed by atoms with Crippen molar-refractivity contribution in [1.29, 1.82) is 10.5 Å². The molecule has 2 aliphatic heterocycles. The fourth-order valence-electron chi connectivity index (χ4n) is 4.17. The maximum atomic E-state index is 14.6. The third-order valence-corrected chi connectivity index (χ3v) is 5.94. The first-order chi connectivity index (χ1) is 17.5. The number of rotatable bonds is 3. The van der Waals surface area contributed by atoms with Gasteiger partial charge in [-0.1, -0.05) is 0 Å². The number of halogens is 2. The maximum Gasteiger partial charge on any atom is 0.341 e. The van der Waals surface area contributed by atoms with E-state index in [-0.39, 0.29) is 36.5 Å². The molecule has 2 aromatic heterocycles. The number of benzene rings is 1. The standard InChI is InChI=1S/C23H18F2N10O/c24-18-8-15(10-26)7-17(9-18)20-1-2-29-35(20)23(36)33-5-3-32(4-6-33)21-19(25)13-28-22(31-21)34-14-16(11-27)12-30-34/h2,7-9,12-14,20H,1,3-6H2. The number of nitriles is 2. The molecule has 13 heteroatoms. The Morgan fingerprint density at radius 1 is 1.03 bits per heavy atom. The van der Waals surface area contributed by atoms with Crippen LogP contribution in [0.25, 0.3) is 5.95 Å². The summed E-state index contributed by atoms with van der Waals surface area (Å²) in [4.78, 5) is 24.7. The molecule has 36 heavy (non-hydrogen) atoms. The molecule has 2 aliphatic rings. The van der Waals surface area contributed by atoms with Crippen molar-refractivity contribution in [3.05, 3.63) is 65.1 Å². The first-order valence-corrected chi connectivity index (χ1v) is 11.0. The van der Waals surface area contributed by atoms with Crippen molar-refractivity contribution in [2.75, 3.05) is 31.1 Å². The van der Waals surface area contributed by atoms with Crippen LogP contribution < -0.4 is 4.90 Å². The van der Waals surface area contributed by atoms with Crippen LogP contribution in [0.15, 0.2) is 41.9 Å². The van der Waals surface area contributed by atoms with Crippen LogP contribution >= 0.6 is 0 Å². The first kappa shape index (κ1) is 22.9. The van der Waals surface area contributed by atoms with Crippen LogP contribution in [0, 0.1) is 34.3 Å². The molecule has 0 saturated carbocycles. The number of piperazine rings is 1. The average Bonchev–Trinajstić information content (AvgIpc) is 3.58. The quantitative estimate of drug-likeness (QED) is 0.553. The molecule has 1 aromatic carbocycles. The van der Waals surface area contributed by atoms with Gasteiger partial charge in [0.25, 0.3) is 5.95 Å². The average molecular weight is 488 g/mol. The Balaban J connectivity index is 1.28. The Morgan fingerprint density at radius 3 is 2.53 bits per heavy atom. The minimum atomic E-state index is -0.616. The summed E-state index contributed by atoms with van der Waals surface area (Å²) in [6.45, 7) is 1.18. The van der Waals surface area contributed by atoms with Crippen LogP contribution in [-0.2, 0) is 0 Å². The summed E-state index contributed by atoms with van der Waals surface area (Å²) < 4.78 is 29.8. The lowest BCUT2D eigenvalue weighted by Gasteiger charge is -2.37. The molecule has 5 rings (SSSR count). The summed E-state index contributed by atoms with van der Waals surface area (Å²) in [7, 11) is 0. The van der Waals surface area contributed by atoms with Gasteiger partial charge in [0.2, 0.25) is 0 Å². The van der Waals surface area contributed by atoms with E-state index in [2.05, 4.69) is 20.2 Å². The zero-order valence-electron chi connectivity index (χ0n) is 18.8. The van der Waals surface area contributed by atoms with Gasteiger partial charge in [-0.3, -0.25) is 0 Å². The monoisotopic (exact) mass is 488 g/mol. The Hall–Kier alpha value is -4.91. The van der Waals surface area contributed by atoms with Crippen LogP contribution in [0.1, 0.15) is 29.2 Å². The molecule has 3 aromatic rings. The number of urea groups is 1. The summed E-state index contributed by atoms with van der Waals surface area (Å²) in [6, 6.07) is 6.99. The molecule has 0 spiro atoms. The Kier molecular flexibility index (Phi) is 5.96. The van der Waals surface area contributed by atoms with Gasteiger partial charge in [0.05, 0.1) is 41.8 Å². The van der Waals surface area contributed by atoms with Crippen molar-refractivity contribution >= 4 is 18.1 Å². The Morgan fingerprint density at radius 2 is 1.81 bits per heavy atom. The second-order valence-electron chi connectivity index (χ2n) is 8.16. The predicted molar refractivity (Wildman–Crippen MR) is 122 cm³/mol.